The van der Waals surface area contributed by atoms with Crippen molar-refractivity contribution in [3.63, 3.8) is 0 Å². The zero-order valence-corrected chi connectivity index (χ0v) is 17.4. The Hall–Kier alpha value is -3.50. The highest BCUT2D eigenvalue weighted by Gasteiger charge is 2.44. The molecule has 0 radical (unpaired) electrons. The van der Waals surface area contributed by atoms with Crippen molar-refractivity contribution < 1.29 is 23.9 Å². The van der Waals surface area contributed by atoms with E-state index in [-0.39, 0.29) is 19.3 Å². The van der Waals surface area contributed by atoms with Gasteiger partial charge >= 0.3 is 18.2 Å². The number of hydrogen-bond acceptors (Lipinski definition) is 4. The molecule has 0 heterocycles. The highest BCUT2D eigenvalue weighted by Crippen LogP contribution is 2.47. The van der Waals surface area contributed by atoms with Crippen LogP contribution in [0, 0.1) is 5.92 Å². The summed E-state index contributed by atoms with van der Waals surface area (Å²) in [6.07, 6.45) is 3.48. The van der Waals surface area contributed by atoms with Crippen molar-refractivity contribution in [2.45, 2.75) is 33.6 Å². The van der Waals surface area contributed by atoms with E-state index in [1.54, 1.807) is 6.92 Å². The van der Waals surface area contributed by atoms with Crippen LogP contribution in [0.15, 0.2) is 67.2 Å². The number of esters is 2. The van der Waals surface area contributed by atoms with Crippen LogP contribution in [0.3, 0.4) is 0 Å². The van der Waals surface area contributed by atoms with E-state index in [0.717, 1.165) is 6.42 Å². The standard InChI is InChI=1S/C12H14O2.C8H8.C4H6N2O2.CH4/c1-2-14-12(13)11-8-10(11)9-6-4-3-5-7-9;1-2-8-6-4-3-5-7-8;1-2-8-4(7)3-6-5;/h3-7,10-11H,2,8H2,1H3;2-7H,1H2;3H,2H2,1H3;1H4/t10-,11-;;;/m1.../s1. The van der Waals surface area contributed by atoms with Crippen LogP contribution in [0.4, 0.5) is 0 Å². The molecule has 0 spiro atoms. The van der Waals surface area contributed by atoms with Crippen molar-refractivity contribution in [2.75, 3.05) is 13.2 Å². The fraction of sp³-hybridized carbons (Fsp3) is 0.320. The first-order valence-electron chi connectivity index (χ1n) is 9.80. The van der Waals surface area contributed by atoms with Crippen molar-refractivity contribution >= 4 is 24.2 Å². The number of carbonyl (C=O) groups is 2. The molecule has 6 heteroatoms. The van der Waals surface area contributed by atoms with Gasteiger partial charge in [0.15, 0.2) is 0 Å². The Kier molecular flexibility index (Phi) is 14.5. The molecular formula is C25H32N2O4. The first-order chi connectivity index (χ1) is 14.6. The molecule has 0 amide bonds. The van der Waals surface area contributed by atoms with Gasteiger partial charge in [0, 0.05) is 0 Å². The lowest BCUT2D eigenvalue weighted by atomic mass is 10.1. The summed E-state index contributed by atoms with van der Waals surface area (Å²) < 4.78 is 9.31. The Bertz CT molecular complexity index is 831. The lowest BCUT2D eigenvalue weighted by Gasteiger charge is -2.00. The average molecular weight is 425 g/mol. The third-order valence-electron chi connectivity index (χ3n) is 4.09. The fourth-order valence-electron chi connectivity index (χ4n) is 2.59. The third-order valence-corrected chi connectivity index (χ3v) is 4.09. The highest BCUT2D eigenvalue weighted by atomic mass is 16.5. The van der Waals surface area contributed by atoms with E-state index in [4.69, 9.17) is 10.3 Å². The van der Waals surface area contributed by atoms with Crippen molar-refractivity contribution in [3.05, 3.63) is 83.9 Å². The number of hydrogen-bond donors (Lipinski definition) is 0. The van der Waals surface area contributed by atoms with Crippen molar-refractivity contribution in [1.82, 2.24) is 0 Å². The summed E-state index contributed by atoms with van der Waals surface area (Å²) in [7, 11) is 0. The molecule has 2 aromatic rings. The second-order valence-electron chi connectivity index (χ2n) is 6.22. The van der Waals surface area contributed by atoms with Crippen LogP contribution in [0.25, 0.3) is 11.6 Å². The van der Waals surface area contributed by atoms with Gasteiger partial charge in [0.25, 0.3) is 0 Å². The molecule has 3 rings (SSSR count). The second-order valence-corrected chi connectivity index (χ2v) is 6.22. The average Bonchev–Trinajstić information content (AvgIpc) is 3.58. The van der Waals surface area contributed by atoms with Crippen molar-refractivity contribution in [1.29, 1.82) is 0 Å². The van der Waals surface area contributed by atoms with E-state index in [1.807, 2.05) is 61.5 Å². The molecule has 0 aromatic heterocycles. The molecule has 31 heavy (non-hydrogen) atoms. The smallest absolute Gasteiger partial charge is 0.413 e. The van der Waals surface area contributed by atoms with Crippen LogP contribution in [-0.2, 0) is 19.1 Å². The molecule has 0 aliphatic heterocycles. The van der Waals surface area contributed by atoms with Gasteiger partial charge in [-0.1, -0.05) is 80.7 Å². The zero-order valence-electron chi connectivity index (χ0n) is 17.4. The largest absolute Gasteiger partial charge is 0.466 e. The molecule has 1 saturated carbocycles. The molecule has 2 aromatic carbocycles. The minimum absolute atomic E-state index is 0. The number of rotatable bonds is 6. The van der Waals surface area contributed by atoms with Gasteiger partial charge in [-0.2, -0.15) is 4.79 Å². The van der Waals surface area contributed by atoms with Crippen LogP contribution >= 0.6 is 0 Å². The molecule has 1 aliphatic rings. The Labute approximate surface area is 185 Å². The summed E-state index contributed by atoms with van der Waals surface area (Å²) >= 11 is 0. The maximum atomic E-state index is 11.4. The number of carbonyl (C=O) groups excluding carboxylic acids is 2. The summed E-state index contributed by atoms with van der Waals surface area (Å²) in [4.78, 5) is 23.9. The molecule has 166 valence electrons. The quantitative estimate of drug-likeness (QED) is 0.277. The maximum Gasteiger partial charge on any atom is 0.413 e. The molecule has 0 bridgehead atoms. The van der Waals surface area contributed by atoms with Crippen LogP contribution in [0.5, 0.6) is 0 Å². The summed E-state index contributed by atoms with van der Waals surface area (Å²) in [6.45, 7) is 7.93. The topological polar surface area (TPSA) is 89.0 Å². The first kappa shape index (κ1) is 27.5. The van der Waals surface area contributed by atoms with Gasteiger partial charge in [-0.3, -0.25) is 4.79 Å². The van der Waals surface area contributed by atoms with Gasteiger partial charge in [0.1, 0.15) is 0 Å². The normalized spacial score (nSPS) is 15.0. The summed E-state index contributed by atoms with van der Waals surface area (Å²) in [5, 5.41) is 0. The minimum Gasteiger partial charge on any atom is -0.466 e. The first-order valence-corrected chi connectivity index (χ1v) is 9.80. The van der Waals surface area contributed by atoms with E-state index in [1.165, 1.54) is 11.1 Å². The van der Waals surface area contributed by atoms with Crippen molar-refractivity contribution in [2.24, 2.45) is 5.92 Å². The molecule has 0 N–H and O–H groups in total. The Morgan fingerprint density at radius 2 is 1.58 bits per heavy atom. The molecule has 2 atom stereocenters. The molecule has 0 unspecified atom stereocenters. The number of nitrogens with zero attached hydrogens (tertiary/aromatic N) is 2. The van der Waals surface area contributed by atoms with Crippen LogP contribution in [0.2, 0.25) is 0 Å². The van der Waals surface area contributed by atoms with E-state index in [0.29, 0.717) is 25.3 Å². The highest BCUT2D eigenvalue weighted by molar-refractivity contribution is 6.20. The molecule has 1 fully saturated rings. The molecule has 0 saturated heterocycles. The summed E-state index contributed by atoms with van der Waals surface area (Å²) in [6, 6.07) is 20.2. The maximum absolute atomic E-state index is 11.4. The third kappa shape index (κ3) is 11.3. The van der Waals surface area contributed by atoms with E-state index < -0.39 is 5.97 Å². The fourth-order valence-corrected chi connectivity index (χ4v) is 2.59. The van der Waals surface area contributed by atoms with Gasteiger partial charge in [-0.05, 0) is 37.3 Å². The SMILES string of the molecule is C.C=Cc1ccccc1.CCOC(=O)C=[N+]=[N-].CCOC(=O)[C@@H]1C[C@@H]1c1ccccc1. The monoisotopic (exact) mass is 424 g/mol. The predicted molar refractivity (Wildman–Crippen MR) is 124 cm³/mol. The van der Waals surface area contributed by atoms with Crippen LogP contribution in [0.1, 0.15) is 44.7 Å². The lowest BCUT2D eigenvalue weighted by Crippen LogP contribution is -2.07. The predicted octanol–water partition coefficient (Wildman–Crippen LogP) is 5.17. The van der Waals surface area contributed by atoms with Crippen LogP contribution < -0.4 is 0 Å². The summed E-state index contributed by atoms with van der Waals surface area (Å²) in [5.74, 6) is -0.163. The van der Waals surface area contributed by atoms with Gasteiger partial charge < -0.3 is 15.0 Å². The van der Waals surface area contributed by atoms with E-state index >= 15 is 0 Å². The Morgan fingerprint density at radius 3 is 2.03 bits per heavy atom. The minimum atomic E-state index is -0.630. The van der Waals surface area contributed by atoms with E-state index in [9.17, 15) is 9.59 Å². The van der Waals surface area contributed by atoms with Gasteiger partial charge in [-0.25, -0.2) is 4.79 Å². The van der Waals surface area contributed by atoms with E-state index in [2.05, 4.69) is 28.2 Å². The zero-order chi connectivity index (χ0) is 22.2. The number of ether oxygens (including phenoxy) is 2. The van der Waals surface area contributed by atoms with Crippen molar-refractivity contribution in [3.8, 4) is 0 Å². The molecule has 1 aliphatic carbocycles. The molecule has 6 nitrogen and oxygen atoms in total. The van der Waals surface area contributed by atoms with Gasteiger partial charge in [0.05, 0.1) is 19.1 Å². The van der Waals surface area contributed by atoms with Crippen LogP contribution in [-0.4, -0.2) is 36.2 Å². The Morgan fingerprint density at radius 1 is 1.03 bits per heavy atom. The lowest BCUT2D eigenvalue weighted by molar-refractivity contribution is -0.144. The van der Waals surface area contributed by atoms with Gasteiger partial charge in [-0.15, -0.1) is 0 Å². The number of benzene rings is 2. The summed E-state index contributed by atoms with van der Waals surface area (Å²) in [5.41, 5.74) is 10.2. The van der Waals surface area contributed by atoms with Gasteiger partial charge in [0.2, 0.25) is 0 Å². The second kappa shape index (κ2) is 16.3. The Balaban J connectivity index is 0.000000460. The molecular weight excluding hydrogens is 392 g/mol.